The second kappa shape index (κ2) is 8.42. The fourth-order valence-electron chi connectivity index (χ4n) is 3.51. The summed E-state index contributed by atoms with van der Waals surface area (Å²) in [4.78, 5) is 13.2. The Bertz CT molecular complexity index is 1250. The molecular weight excluding hydrogens is 444 g/mol. The number of fused-ring (bicyclic) bond motifs is 1. The van der Waals surface area contributed by atoms with E-state index in [1.807, 2.05) is 0 Å². The van der Waals surface area contributed by atoms with E-state index in [4.69, 9.17) is 13.9 Å². The third kappa shape index (κ3) is 3.90. The number of phenols is 4. The van der Waals surface area contributed by atoms with E-state index in [1.54, 1.807) is 0 Å². The summed E-state index contributed by atoms with van der Waals surface area (Å²) in [7, 11) is 0. The Morgan fingerprint density at radius 1 is 0.879 bits per heavy atom. The monoisotopic (exact) mass is 464 g/mol. The van der Waals surface area contributed by atoms with Gasteiger partial charge in [-0.1, -0.05) is 0 Å². The van der Waals surface area contributed by atoms with Gasteiger partial charge in [0, 0.05) is 17.7 Å². The van der Waals surface area contributed by atoms with E-state index in [0.717, 1.165) is 24.3 Å². The molecule has 0 radical (unpaired) electrons. The molecule has 12 heteroatoms. The summed E-state index contributed by atoms with van der Waals surface area (Å²) in [5, 5.41) is 78.7. The van der Waals surface area contributed by atoms with Crippen LogP contribution in [0.3, 0.4) is 0 Å². The summed E-state index contributed by atoms with van der Waals surface area (Å²) in [6.45, 7) is -0.740. The number of phenolic OH excluding ortho intramolecular Hbond substituents is 4. The zero-order valence-electron chi connectivity index (χ0n) is 16.7. The minimum atomic E-state index is -1.85. The van der Waals surface area contributed by atoms with E-state index < -0.39 is 71.5 Å². The summed E-state index contributed by atoms with van der Waals surface area (Å²) in [5.41, 5.74) is -1.19. The standard InChI is InChI=1S/C21H20O12/c22-6-13-15(27)17(29)18(30)21(32-13)33-20-16(28)14-11(26)4-8(23)5-12(14)31-19(20)7-1-2-9(24)10(25)3-7/h1-5,13,15,17-18,21-27,29-30H,6H2/t13-,15+,17-,18-,21?/m1/s1. The SMILES string of the molecule is O=c1c(OC2O[C@H](CO)[C@H](O)[C@@H](O)[C@H]2O)c(-c2ccc(O)c(O)c2)oc2cc(O)cc(O)c12. The second-order valence-electron chi connectivity index (χ2n) is 7.45. The van der Waals surface area contributed by atoms with Gasteiger partial charge in [-0.2, -0.15) is 0 Å². The fourth-order valence-corrected chi connectivity index (χ4v) is 3.51. The topological polar surface area (TPSA) is 211 Å². The second-order valence-corrected chi connectivity index (χ2v) is 7.45. The molecule has 0 saturated carbocycles. The minimum Gasteiger partial charge on any atom is -0.508 e. The van der Waals surface area contributed by atoms with Crippen LogP contribution in [0.1, 0.15) is 0 Å². The lowest BCUT2D eigenvalue weighted by molar-refractivity contribution is -0.277. The zero-order valence-corrected chi connectivity index (χ0v) is 16.7. The molecule has 176 valence electrons. The molecule has 33 heavy (non-hydrogen) atoms. The number of aliphatic hydroxyl groups is 4. The molecule has 0 aliphatic carbocycles. The first kappa shape index (κ1) is 22.6. The smallest absolute Gasteiger partial charge is 0.239 e. The largest absolute Gasteiger partial charge is 0.508 e. The molecule has 1 aliphatic rings. The third-order valence-corrected chi connectivity index (χ3v) is 5.24. The summed E-state index contributed by atoms with van der Waals surface area (Å²) in [5.74, 6) is -3.05. The van der Waals surface area contributed by atoms with Crippen molar-refractivity contribution in [1.29, 1.82) is 0 Å². The molecule has 0 spiro atoms. The van der Waals surface area contributed by atoms with Crippen LogP contribution in [-0.4, -0.2) is 78.2 Å². The van der Waals surface area contributed by atoms with E-state index in [0.29, 0.717) is 0 Å². The van der Waals surface area contributed by atoms with Crippen LogP contribution in [0.2, 0.25) is 0 Å². The molecule has 2 heterocycles. The molecule has 1 aromatic heterocycles. The van der Waals surface area contributed by atoms with Crippen molar-refractivity contribution in [1.82, 2.24) is 0 Å². The fraction of sp³-hybridized carbons (Fsp3) is 0.286. The van der Waals surface area contributed by atoms with Crippen LogP contribution < -0.4 is 10.2 Å². The van der Waals surface area contributed by atoms with Gasteiger partial charge in [-0.25, -0.2) is 0 Å². The maximum atomic E-state index is 13.2. The van der Waals surface area contributed by atoms with Gasteiger partial charge in [0.1, 0.15) is 46.9 Å². The van der Waals surface area contributed by atoms with Gasteiger partial charge in [-0.15, -0.1) is 0 Å². The van der Waals surface area contributed by atoms with Crippen molar-refractivity contribution in [2.75, 3.05) is 6.61 Å². The van der Waals surface area contributed by atoms with Crippen molar-refractivity contribution >= 4 is 11.0 Å². The quantitative estimate of drug-likeness (QED) is 0.229. The van der Waals surface area contributed by atoms with Gasteiger partial charge in [0.25, 0.3) is 0 Å². The Morgan fingerprint density at radius 2 is 1.61 bits per heavy atom. The van der Waals surface area contributed by atoms with Gasteiger partial charge in [0.2, 0.25) is 17.5 Å². The van der Waals surface area contributed by atoms with Crippen LogP contribution >= 0.6 is 0 Å². The lowest BCUT2D eigenvalue weighted by atomic mass is 9.99. The highest BCUT2D eigenvalue weighted by atomic mass is 16.7. The van der Waals surface area contributed by atoms with Crippen molar-refractivity contribution < 1.29 is 54.7 Å². The maximum absolute atomic E-state index is 13.2. The van der Waals surface area contributed by atoms with E-state index in [1.165, 1.54) is 6.07 Å². The van der Waals surface area contributed by atoms with Crippen LogP contribution in [0.15, 0.2) is 39.5 Å². The van der Waals surface area contributed by atoms with Crippen LogP contribution in [0.5, 0.6) is 28.7 Å². The van der Waals surface area contributed by atoms with E-state index in [9.17, 15) is 45.6 Å². The van der Waals surface area contributed by atoms with Crippen LogP contribution in [0.4, 0.5) is 0 Å². The Balaban J connectivity index is 1.91. The highest BCUT2D eigenvalue weighted by Crippen LogP contribution is 2.39. The Labute approximate surface area is 184 Å². The van der Waals surface area contributed by atoms with Gasteiger partial charge >= 0.3 is 0 Å². The predicted molar refractivity (Wildman–Crippen MR) is 109 cm³/mol. The number of benzene rings is 2. The highest BCUT2D eigenvalue weighted by Gasteiger charge is 2.45. The van der Waals surface area contributed by atoms with Crippen molar-refractivity contribution in [3.63, 3.8) is 0 Å². The van der Waals surface area contributed by atoms with E-state index >= 15 is 0 Å². The van der Waals surface area contributed by atoms with Crippen molar-refractivity contribution in [2.24, 2.45) is 0 Å². The molecule has 3 aromatic rings. The van der Waals surface area contributed by atoms with Crippen LogP contribution in [0, 0.1) is 0 Å². The molecule has 1 saturated heterocycles. The van der Waals surface area contributed by atoms with Gasteiger partial charge in [-0.05, 0) is 18.2 Å². The number of aromatic hydroxyl groups is 4. The molecule has 1 fully saturated rings. The number of hydrogen-bond donors (Lipinski definition) is 8. The summed E-state index contributed by atoms with van der Waals surface area (Å²) in [6, 6.07) is 5.36. The summed E-state index contributed by atoms with van der Waals surface area (Å²) < 4.78 is 16.5. The Kier molecular flexibility index (Phi) is 5.78. The van der Waals surface area contributed by atoms with Gasteiger partial charge < -0.3 is 54.7 Å². The Hall–Kier alpha value is -3.55. The molecule has 1 aliphatic heterocycles. The van der Waals surface area contributed by atoms with Gasteiger partial charge in [0.05, 0.1) is 6.61 Å². The summed E-state index contributed by atoms with van der Waals surface area (Å²) in [6.07, 6.45) is -8.40. The normalized spacial score (nSPS) is 25.3. The van der Waals surface area contributed by atoms with E-state index in [2.05, 4.69) is 0 Å². The molecule has 0 bridgehead atoms. The molecular formula is C21H20O12. The van der Waals surface area contributed by atoms with Gasteiger partial charge in [0.15, 0.2) is 17.3 Å². The Morgan fingerprint density at radius 3 is 2.27 bits per heavy atom. The molecule has 1 unspecified atom stereocenters. The first-order valence-corrected chi connectivity index (χ1v) is 9.64. The molecule has 4 rings (SSSR count). The molecule has 8 N–H and O–H groups in total. The zero-order chi connectivity index (χ0) is 24.0. The lowest BCUT2D eigenvalue weighted by Crippen LogP contribution is -2.60. The minimum absolute atomic E-state index is 0.0201. The number of ether oxygens (including phenoxy) is 2. The highest BCUT2D eigenvalue weighted by molar-refractivity contribution is 5.88. The first-order valence-electron chi connectivity index (χ1n) is 9.64. The van der Waals surface area contributed by atoms with Crippen molar-refractivity contribution in [3.05, 3.63) is 40.6 Å². The lowest BCUT2D eigenvalue weighted by Gasteiger charge is -2.39. The molecule has 5 atom stereocenters. The maximum Gasteiger partial charge on any atom is 0.239 e. The first-order chi connectivity index (χ1) is 15.6. The number of rotatable bonds is 4. The number of hydrogen-bond acceptors (Lipinski definition) is 12. The van der Waals surface area contributed by atoms with Crippen molar-refractivity contribution in [2.45, 2.75) is 30.7 Å². The average molecular weight is 464 g/mol. The van der Waals surface area contributed by atoms with Crippen LogP contribution in [0.25, 0.3) is 22.3 Å². The van der Waals surface area contributed by atoms with Gasteiger partial charge in [-0.3, -0.25) is 4.79 Å². The van der Waals surface area contributed by atoms with Crippen LogP contribution in [-0.2, 0) is 4.74 Å². The molecule has 2 aromatic carbocycles. The molecule has 12 nitrogen and oxygen atoms in total. The predicted octanol–water partition coefficient (Wildman–Crippen LogP) is -0.539. The van der Waals surface area contributed by atoms with Crippen molar-refractivity contribution in [3.8, 4) is 40.1 Å². The average Bonchev–Trinajstić information content (AvgIpc) is 2.76. The third-order valence-electron chi connectivity index (χ3n) is 5.24. The molecule has 0 amide bonds. The van der Waals surface area contributed by atoms with E-state index in [-0.39, 0.29) is 22.3 Å². The summed E-state index contributed by atoms with van der Waals surface area (Å²) >= 11 is 0. The number of aliphatic hydroxyl groups excluding tert-OH is 4.